The monoisotopic (exact) mass is 198 g/mol. The Morgan fingerprint density at radius 3 is 2.57 bits per heavy atom. The van der Waals surface area contributed by atoms with Crippen LogP contribution in [0.1, 0.15) is 25.7 Å². The molecule has 0 saturated carbocycles. The minimum Gasteiger partial charge on any atom is -0.378 e. The number of hydrogen-bond acceptors (Lipinski definition) is 3. The zero-order valence-corrected chi connectivity index (χ0v) is 8.95. The van der Waals surface area contributed by atoms with Crippen molar-refractivity contribution in [3.8, 4) is 0 Å². The summed E-state index contributed by atoms with van der Waals surface area (Å²) >= 11 is 0. The molecule has 3 saturated heterocycles. The molecule has 3 rings (SSSR count). The summed E-state index contributed by atoms with van der Waals surface area (Å²) in [6.07, 6.45) is 5.44. The van der Waals surface area contributed by atoms with Crippen LogP contribution < -0.4 is 5.73 Å². The first kappa shape index (κ1) is 10.4. The van der Waals surface area contributed by atoms with E-state index in [0.29, 0.717) is 6.10 Å². The first-order valence-corrected chi connectivity index (χ1v) is 5.94. The summed E-state index contributed by atoms with van der Waals surface area (Å²) in [7, 11) is 0. The summed E-state index contributed by atoms with van der Waals surface area (Å²) in [4.78, 5) is 2.57. The summed E-state index contributed by atoms with van der Waals surface area (Å²) in [6, 6.07) is 0. The van der Waals surface area contributed by atoms with Gasteiger partial charge in [0.2, 0.25) is 0 Å². The van der Waals surface area contributed by atoms with Crippen LogP contribution in [0.3, 0.4) is 0 Å². The van der Waals surface area contributed by atoms with Gasteiger partial charge in [0.15, 0.2) is 0 Å². The van der Waals surface area contributed by atoms with Crippen LogP contribution in [-0.2, 0) is 4.74 Å². The largest absolute Gasteiger partial charge is 0.378 e. The van der Waals surface area contributed by atoms with Crippen LogP contribution in [0.4, 0.5) is 0 Å². The van der Waals surface area contributed by atoms with Gasteiger partial charge in [-0.3, -0.25) is 0 Å². The van der Waals surface area contributed by atoms with Crippen molar-refractivity contribution >= 4 is 0 Å². The zero-order valence-electron chi connectivity index (χ0n) is 8.95. The summed E-state index contributed by atoms with van der Waals surface area (Å²) in [5.74, 6) is 0.825. The summed E-state index contributed by atoms with van der Waals surface area (Å²) in [5, 5.41) is 0. The highest BCUT2D eigenvalue weighted by atomic mass is 16.5. The first-order valence-electron chi connectivity index (χ1n) is 5.94. The lowest BCUT2D eigenvalue weighted by atomic mass is 9.93. The highest BCUT2D eigenvalue weighted by Gasteiger charge is 2.31. The topological polar surface area (TPSA) is 38.5 Å². The Morgan fingerprint density at radius 2 is 1.86 bits per heavy atom. The highest BCUT2D eigenvalue weighted by Crippen LogP contribution is 2.28. The maximum atomic E-state index is 5.93. The van der Waals surface area contributed by atoms with Gasteiger partial charge in [-0.05, 0) is 51.2 Å². The van der Waals surface area contributed by atoms with E-state index in [9.17, 15) is 0 Å². The van der Waals surface area contributed by atoms with E-state index in [1.165, 1.54) is 38.9 Å². The summed E-state index contributed by atoms with van der Waals surface area (Å²) in [6.45, 7) is 5.44. The molecule has 3 fully saturated rings. The minimum atomic E-state index is 0.522. The predicted octanol–water partition coefficient (Wildman–Crippen LogP) is 0.836. The van der Waals surface area contributed by atoms with E-state index in [0.717, 1.165) is 25.5 Å². The van der Waals surface area contributed by atoms with E-state index in [1.807, 2.05) is 0 Å². The van der Waals surface area contributed by atoms with Gasteiger partial charge in [-0.2, -0.15) is 0 Å². The Hall–Kier alpha value is -0.120. The number of rotatable bonds is 4. The van der Waals surface area contributed by atoms with Gasteiger partial charge < -0.3 is 15.4 Å². The maximum absolute atomic E-state index is 5.93. The Balaban J connectivity index is 1.79. The van der Waals surface area contributed by atoms with Crippen molar-refractivity contribution in [3.05, 3.63) is 0 Å². The lowest BCUT2D eigenvalue weighted by Crippen LogP contribution is -2.32. The molecule has 2 bridgehead atoms. The van der Waals surface area contributed by atoms with Crippen LogP contribution in [0.15, 0.2) is 0 Å². The molecule has 3 aliphatic rings. The molecular formula is C11H22N2O. The molecule has 0 aliphatic carbocycles. The van der Waals surface area contributed by atoms with E-state index in [1.54, 1.807) is 0 Å². The summed E-state index contributed by atoms with van der Waals surface area (Å²) < 4.78 is 5.93. The van der Waals surface area contributed by atoms with Crippen LogP contribution in [0.2, 0.25) is 0 Å². The van der Waals surface area contributed by atoms with Gasteiger partial charge in [0.25, 0.3) is 0 Å². The van der Waals surface area contributed by atoms with Crippen molar-refractivity contribution in [2.45, 2.75) is 31.8 Å². The molecule has 2 N–H and O–H groups in total. The predicted molar refractivity (Wildman–Crippen MR) is 57.2 cm³/mol. The van der Waals surface area contributed by atoms with Crippen LogP contribution >= 0.6 is 0 Å². The molecule has 0 aromatic carbocycles. The van der Waals surface area contributed by atoms with Gasteiger partial charge in [0, 0.05) is 13.2 Å². The molecule has 3 heterocycles. The number of ether oxygens (including phenoxy) is 1. The number of piperidine rings is 1. The smallest absolute Gasteiger partial charge is 0.0616 e. The maximum Gasteiger partial charge on any atom is 0.0616 e. The third kappa shape index (κ3) is 2.47. The number of nitrogens with two attached hydrogens (primary N) is 1. The van der Waals surface area contributed by atoms with Gasteiger partial charge in [0.1, 0.15) is 0 Å². The zero-order chi connectivity index (χ0) is 9.80. The van der Waals surface area contributed by atoms with Crippen molar-refractivity contribution in [2.24, 2.45) is 11.7 Å². The van der Waals surface area contributed by atoms with Crippen molar-refractivity contribution in [1.82, 2.24) is 4.90 Å². The molecule has 0 spiro atoms. The standard InChI is InChI=1S/C11H22N2O/c12-5-1-9-14-11-4-8-13-6-2-10(11)3-7-13/h10-11H,1-9,12H2. The quantitative estimate of drug-likeness (QED) is 0.680. The molecular weight excluding hydrogens is 176 g/mol. The second kappa shape index (κ2) is 5.10. The number of nitrogens with zero attached hydrogens (tertiary/aromatic N) is 1. The van der Waals surface area contributed by atoms with Gasteiger partial charge in [-0.1, -0.05) is 0 Å². The van der Waals surface area contributed by atoms with E-state index < -0.39 is 0 Å². The second-order valence-electron chi connectivity index (χ2n) is 4.52. The van der Waals surface area contributed by atoms with E-state index in [4.69, 9.17) is 10.5 Å². The highest BCUT2D eigenvalue weighted by molar-refractivity contribution is 4.83. The van der Waals surface area contributed by atoms with E-state index in [2.05, 4.69) is 4.90 Å². The molecule has 0 aromatic heterocycles. The number of hydrogen-bond donors (Lipinski definition) is 1. The van der Waals surface area contributed by atoms with E-state index >= 15 is 0 Å². The fraction of sp³-hybridized carbons (Fsp3) is 1.00. The Bertz CT molecular complexity index is 167. The Kier molecular flexibility index (Phi) is 3.79. The van der Waals surface area contributed by atoms with Crippen molar-refractivity contribution in [1.29, 1.82) is 0 Å². The molecule has 1 unspecified atom stereocenters. The van der Waals surface area contributed by atoms with Crippen LogP contribution in [-0.4, -0.2) is 43.8 Å². The molecule has 1 atom stereocenters. The van der Waals surface area contributed by atoms with Crippen LogP contribution in [0, 0.1) is 5.92 Å². The molecule has 3 aliphatic heterocycles. The lowest BCUT2D eigenvalue weighted by molar-refractivity contribution is 0.00845. The second-order valence-corrected chi connectivity index (χ2v) is 4.52. The Labute approximate surface area is 86.6 Å². The molecule has 82 valence electrons. The SMILES string of the molecule is NCCCOC1CCN2CCC1CC2. The van der Waals surface area contributed by atoms with Gasteiger partial charge >= 0.3 is 0 Å². The molecule has 3 heteroatoms. The van der Waals surface area contributed by atoms with Crippen molar-refractivity contribution < 1.29 is 4.74 Å². The fourth-order valence-corrected chi connectivity index (χ4v) is 2.63. The number of fused-ring (bicyclic) bond motifs is 4. The van der Waals surface area contributed by atoms with Crippen molar-refractivity contribution in [3.63, 3.8) is 0 Å². The molecule has 0 amide bonds. The van der Waals surface area contributed by atoms with E-state index in [-0.39, 0.29) is 0 Å². The normalized spacial score (nSPS) is 37.1. The van der Waals surface area contributed by atoms with Crippen molar-refractivity contribution in [2.75, 3.05) is 32.8 Å². The third-order valence-corrected chi connectivity index (χ3v) is 3.57. The third-order valence-electron chi connectivity index (χ3n) is 3.57. The fourth-order valence-electron chi connectivity index (χ4n) is 2.63. The lowest BCUT2D eigenvalue weighted by Gasteiger charge is -2.28. The van der Waals surface area contributed by atoms with Crippen LogP contribution in [0.25, 0.3) is 0 Å². The summed E-state index contributed by atoms with van der Waals surface area (Å²) in [5.41, 5.74) is 5.46. The molecule has 0 radical (unpaired) electrons. The Morgan fingerprint density at radius 1 is 1.14 bits per heavy atom. The minimum absolute atomic E-state index is 0.522. The average molecular weight is 198 g/mol. The van der Waals surface area contributed by atoms with Gasteiger partial charge in [-0.15, -0.1) is 0 Å². The van der Waals surface area contributed by atoms with Gasteiger partial charge in [0.05, 0.1) is 6.10 Å². The molecule has 0 aromatic rings. The van der Waals surface area contributed by atoms with Crippen LogP contribution in [0.5, 0.6) is 0 Å². The first-order chi connectivity index (χ1) is 6.90. The average Bonchev–Trinajstić information content (AvgIpc) is 2.53. The molecule has 14 heavy (non-hydrogen) atoms. The molecule has 3 nitrogen and oxygen atoms in total. The van der Waals surface area contributed by atoms with Gasteiger partial charge in [-0.25, -0.2) is 0 Å².